The molecule has 9 nitrogen and oxygen atoms in total. The number of amides is 4. The molecule has 1 atom stereocenters. The number of nitrogens with zero attached hydrogens (tertiary/aromatic N) is 3. The predicted molar refractivity (Wildman–Crippen MR) is 126 cm³/mol. The molecule has 0 aliphatic carbocycles. The van der Waals surface area contributed by atoms with Crippen molar-refractivity contribution in [2.45, 2.75) is 50.8 Å². The summed E-state index contributed by atoms with van der Waals surface area (Å²) in [5.74, 6) is -0.392. The van der Waals surface area contributed by atoms with Crippen LogP contribution in [0.1, 0.15) is 47.2 Å². The number of pyridine rings is 1. The second kappa shape index (κ2) is 9.65. The third kappa shape index (κ3) is 4.86. The summed E-state index contributed by atoms with van der Waals surface area (Å²) in [6.07, 6.45) is 5.26. The molecule has 0 bridgehead atoms. The van der Waals surface area contributed by atoms with Crippen LogP contribution in [0, 0.1) is 0 Å². The second-order valence-electron chi connectivity index (χ2n) is 9.06. The maximum absolute atomic E-state index is 13.1. The molecule has 10 heteroatoms. The van der Waals surface area contributed by atoms with E-state index in [0.29, 0.717) is 48.7 Å². The van der Waals surface area contributed by atoms with E-state index in [1.54, 1.807) is 30.6 Å². The molecule has 182 valence electrons. The predicted octanol–water partition coefficient (Wildman–Crippen LogP) is 2.11. The van der Waals surface area contributed by atoms with E-state index in [1.165, 1.54) is 4.90 Å². The monoisotopic (exact) mass is 496 g/mol. The van der Waals surface area contributed by atoms with Crippen LogP contribution in [0.4, 0.5) is 0 Å². The minimum atomic E-state index is -0.676. The van der Waals surface area contributed by atoms with Crippen LogP contribution in [0.15, 0.2) is 36.7 Å². The molecule has 2 aromatic rings. The van der Waals surface area contributed by atoms with Crippen molar-refractivity contribution in [3.05, 3.63) is 58.4 Å². The maximum atomic E-state index is 13.1. The van der Waals surface area contributed by atoms with Gasteiger partial charge in [0.25, 0.3) is 5.91 Å². The number of hydrogen-bond donors (Lipinski definition) is 1. The van der Waals surface area contributed by atoms with Crippen molar-refractivity contribution in [3.63, 3.8) is 0 Å². The minimum Gasteiger partial charge on any atom is -0.489 e. The Balaban J connectivity index is 1.21. The van der Waals surface area contributed by atoms with Crippen molar-refractivity contribution in [1.82, 2.24) is 20.1 Å². The first-order valence-corrected chi connectivity index (χ1v) is 12.1. The summed E-state index contributed by atoms with van der Waals surface area (Å²) in [6.45, 7) is 1.41. The van der Waals surface area contributed by atoms with Crippen LogP contribution >= 0.6 is 11.6 Å². The Hall–Kier alpha value is -3.46. The van der Waals surface area contributed by atoms with Crippen molar-refractivity contribution in [2.75, 3.05) is 13.1 Å². The highest BCUT2D eigenvalue weighted by molar-refractivity contribution is 6.30. The molecule has 1 aromatic heterocycles. The lowest BCUT2D eigenvalue weighted by atomic mass is 9.99. The van der Waals surface area contributed by atoms with Crippen LogP contribution in [-0.2, 0) is 27.3 Å². The highest BCUT2D eigenvalue weighted by Gasteiger charge is 2.40. The van der Waals surface area contributed by atoms with Crippen LogP contribution in [0.2, 0.25) is 5.02 Å². The molecule has 3 aliphatic heterocycles. The molecule has 1 unspecified atom stereocenters. The fourth-order valence-corrected chi connectivity index (χ4v) is 5.13. The van der Waals surface area contributed by atoms with Crippen molar-refractivity contribution < 1.29 is 23.9 Å². The van der Waals surface area contributed by atoms with Crippen LogP contribution in [-0.4, -0.2) is 63.6 Å². The number of aromatic nitrogens is 1. The Morgan fingerprint density at radius 3 is 2.69 bits per heavy atom. The lowest BCUT2D eigenvalue weighted by Gasteiger charge is -2.32. The van der Waals surface area contributed by atoms with E-state index in [2.05, 4.69) is 10.3 Å². The van der Waals surface area contributed by atoms with Crippen LogP contribution in [0.5, 0.6) is 5.75 Å². The third-order valence-corrected chi connectivity index (χ3v) is 7.00. The van der Waals surface area contributed by atoms with Gasteiger partial charge >= 0.3 is 0 Å². The number of fused-ring (bicyclic) bond motifs is 1. The Labute approximate surface area is 207 Å². The molecule has 3 aliphatic rings. The number of piperidine rings is 2. The summed E-state index contributed by atoms with van der Waals surface area (Å²) in [7, 11) is 0. The molecule has 35 heavy (non-hydrogen) atoms. The average Bonchev–Trinajstić information content (AvgIpc) is 3.17. The molecule has 1 N–H and O–H groups in total. The zero-order valence-electron chi connectivity index (χ0n) is 19.0. The van der Waals surface area contributed by atoms with Crippen molar-refractivity contribution >= 4 is 35.2 Å². The topological polar surface area (TPSA) is 109 Å². The number of halogens is 1. The van der Waals surface area contributed by atoms with E-state index in [0.717, 1.165) is 11.1 Å². The zero-order chi connectivity index (χ0) is 24.5. The smallest absolute Gasteiger partial charge is 0.255 e. The number of likely N-dealkylation sites (tertiary alicyclic amines) is 1. The Bertz CT molecular complexity index is 1190. The maximum Gasteiger partial charge on any atom is 0.255 e. The lowest BCUT2D eigenvalue weighted by Crippen LogP contribution is -2.52. The SMILES string of the molecule is O=C1CCC(N2Cc3c(CC(=O)N4CCC(Oc5cncc(Cl)c5)CC4)cccc3C2=O)C(=O)N1. The van der Waals surface area contributed by atoms with Gasteiger partial charge < -0.3 is 14.5 Å². The number of ether oxygens (including phenoxy) is 1. The lowest BCUT2D eigenvalue weighted by molar-refractivity contribution is -0.137. The van der Waals surface area contributed by atoms with Gasteiger partial charge in [0, 0.05) is 56.7 Å². The molecular formula is C25H25ClN4O5. The average molecular weight is 497 g/mol. The number of hydrogen-bond acceptors (Lipinski definition) is 6. The van der Waals surface area contributed by atoms with Crippen LogP contribution in [0.25, 0.3) is 0 Å². The number of nitrogens with one attached hydrogen (secondary N) is 1. The van der Waals surface area contributed by atoms with Gasteiger partial charge in [0.1, 0.15) is 17.9 Å². The fraction of sp³-hybridized carbons (Fsp3) is 0.400. The van der Waals surface area contributed by atoms with Gasteiger partial charge in [-0.15, -0.1) is 0 Å². The molecule has 0 saturated carbocycles. The molecule has 5 rings (SSSR count). The molecule has 4 heterocycles. The summed E-state index contributed by atoms with van der Waals surface area (Å²) in [6, 6.07) is 6.41. The van der Waals surface area contributed by atoms with Gasteiger partial charge in [0.15, 0.2) is 0 Å². The Morgan fingerprint density at radius 2 is 1.94 bits per heavy atom. The first-order valence-electron chi connectivity index (χ1n) is 11.7. The Morgan fingerprint density at radius 1 is 1.14 bits per heavy atom. The van der Waals surface area contributed by atoms with Gasteiger partial charge in [-0.2, -0.15) is 0 Å². The van der Waals surface area contributed by atoms with Gasteiger partial charge in [0.2, 0.25) is 17.7 Å². The summed E-state index contributed by atoms with van der Waals surface area (Å²) >= 11 is 5.97. The van der Waals surface area contributed by atoms with Crippen LogP contribution < -0.4 is 10.1 Å². The highest BCUT2D eigenvalue weighted by atomic mass is 35.5. The number of carbonyl (C=O) groups is 4. The minimum absolute atomic E-state index is 0.00632. The first-order chi connectivity index (χ1) is 16.9. The summed E-state index contributed by atoms with van der Waals surface area (Å²) in [5, 5.41) is 2.83. The molecule has 4 amide bonds. The van der Waals surface area contributed by atoms with Gasteiger partial charge in [-0.05, 0) is 23.6 Å². The molecule has 2 saturated heterocycles. The first kappa shape index (κ1) is 23.3. The van der Waals surface area contributed by atoms with Gasteiger partial charge in [-0.25, -0.2) is 0 Å². The van der Waals surface area contributed by atoms with E-state index in [1.807, 2.05) is 11.0 Å². The van der Waals surface area contributed by atoms with Crippen molar-refractivity contribution in [3.8, 4) is 5.75 Å². The quantitative estimate of drug-likeness (QED) is 0.635. The third-order valence-electron chi connectivity index (χ3n) is 6.80. The molecular weight excluding hydrogens is 472 g/mol. The van der Waals surface area contributed by atoms with E-state index in [-0.39, 0.29) is 43.2 Å². The fourth-order valence-electron chi connectivity index (χ4n) is 4.96. The molecule has 1 aromatic carbocycles. The number of benzene rings is 1. The van der Waals surface area contributed by atoms with Crippen molar-refractivity contribution in [1.29, 1.82) is 0 Å². The number of imide groups is 1. The molecule has 0 spiro atoms. The summed E-state index contributed by atoms with van der Waals surface area (Å²) in [4.78, 5) is 57.3. The molecule has 0 radical (unpaired) electrons. The van der Waals surface area contributed by atoms with Crippen LogP contribution in [0.3, 0.4) is 0 Å². The van der Waals surface area contributed by atoms with Gasteiger partial charge in [-0.1, -0.05) is 23.7 Å². The zero-order valence-corrected chi connectivity index (χ0v) is 19.8. The Kier molecular flexibility index (Phi) is 6.42. The standard InChI is InChI=1S/C25H25ClN4O5/c26-16-11-18(13-27-12-16)35-17-6-8-29(9-7-17)23(32)10-15-2-1-3-19-20(15)14-30(25(19)34)21-4-5-22(31)28-24(21)33/h1-3,11-13,17,21H,4-10,14H2,(H,28,31,33). The van der Waals surface area contributed by atoms with E-state index in [9.17, 15) is 19.2 Å². The molecule has 2 fully saturated rings. The summed E-state index contributed by atoms with van der Waals surface area (Å²) in [5.41, 5.74) is 2.09. The number of carbonyl (C=O) groups excluding carboxylic acids is 4. The van der Waals surface area contributed by atoms with E-state index < -0.39 is 11.9 Å². The summed E-state index contributed by atoms with van der Waals surface area (Å²) < 4.78 is 5.96. The van der Waals surface area contributed by atoms with Gasteiger partial charge in [-0.3, -0.25) is 29.5 Å². The normalized spacial score (nSPS) is 20.6. The van der Waals surface area contributed by atoms with E-state index >= 15 is 0 Å². The largest absolute Gasteiger partial charge is 0.489 e. The highest BCUT2D eigenvalue weighted by Crippen LogP contribution is 2.30. The van der Waals surface area contributed by atoms with E-state index in [4.69, 9.17) is 16.3 Å². The second-order valence-corrected chi connectivity index (χ2v) is 9.49. The van der Waals surface area contributed by atoms with Gasteiger partial charge in [0.05, 0.1) is 17.6 Å². The van der Waals surface area contributed by atoms with Crippen molar-refractivity contribution in [2.24, 2.45) is 0 Å². The number of rotatable bonds is 5.